The Kier molecular flexibility index (Phi) is 6.29. The summed E-state index contributed by atoms with van der Waals surface area (Å²) in [6, 6.07) is 18.5. The fraction of sp³-hybridized carbons (Fsp3) is 0.120. The molecule has 0 unspecified atom stereocenters. The molecule has 154 valence electrons. The van der Waals surface area contributed by atoms with Crippen LogP contribution in [0.2, 0.25) is 0 Å². The normalized spacial score (nSPS) is 10.4. The Balaban J connectivity index is 0.000000112. The van der Waals surface area contributed by atoms with Crippen LogP contribution in [-0.4, -0.2) is 25.1 Å². The summed E-state index contributed by atoms with van der Waals surface area (Å²) < 4.78 is 0. The number of rotatable bonds is 0. The highest BCUT2D eigenvalue weighted by Crippen LogP contribution is 2.15. The number of benzene rings is 2. The van der Waals surface area contributed by atoms with E-state index >= 15 is 0 Å². The van der Waals surface area contributed by atoms with Gasteiger partial charge in [-0.2, -0.15) is 5.10 Å². The van der Waals surface area contributed by atoms with Gasteiger partial charge in [-0.15, -0.1) is 11.3 Å². The second-order valence-corrected chi connectivity index (χ2v) is 8.13. The quantitative estimate of drug-likeness (QED) is 0.305. The van der Waals surface area contributed by atoms with E-state index in [1.54, 1.807) is 11.3 Å². The van der Waals surface area contributed by atoms with Crippen LogP contribution in [0.4, 0.5) is 0 Å². The van der Waals surface area contributed by atoms with Crippen molar-refractivity contribution in [3.05, 3.63) is 95.4 Å². The van der Waals surface area contributed by atoms with E-state index in [-0.39, 0.29) is 0 Å². The summed E-state index contributed by atoms with van der Waals surface area (Å²) in [7, 11) is 0. The van der Waals surface area contributed by atoms with Crippen LogP contribution in [0.5, 0.6) is 0 Å². The van der Waals surface area contributed by atoms with E-state index in [4.69, 9.17) is 0 Å². The zero-order valence-corrected chi connectivity index (χ0v) is 18.5. The fourth-order valence-electron chi connectivity index (χ4n) is 3.16. The molecule has 0 aliphatic carbocycles. The molecular formula is C25H23N5S. The van der Waals surface area contributed by atoms with Crippen LogP contribution in [0.15, 0.2) is 78.7 Å². The predicted molar refractivity (Wildman–Crippen MR) is 129 cm³/mol. The molecule has 1 N–H and O–H groups in total. The second-order valence-electron chi connectivity index (χ2n) is 7.30. The molecule has 0 aliphatic heterocycles. The Labute approximate surface area is 184 Å². The number of fused-ring (bicyclic) bond motifs is 3. The van der Waals surface area contributed by atoms with E-state index in [1.165, 1.54) is 27.5 Å². The summed E-state index contributed by atoms with van der Waals surface area (Å²) in [5, 5.41) is 9.24. The lowest BCUT2D eigenvalue weighted by atomic mass is 10.1. The van der Waals surface area contributed by atoms with Gasteiger partial charge in [0.25, 0.3) is 0 Å². The van der Waals surface area contributed by atoms with Crippen LogP contribution >= 0.6 is 11.3 Å². The summed E-state index contributed by atoms with van der Waals surface area (Å²) in [4.78, 5) is 13.6. The van der Waals surface area contributed by atoms with Crippen LogP contribution in [0, 0.1) is 20.8 Å². The van der Waals surface area contributed by atoms with Gasteiger partial charge in [-0.05, 0) is 62.2 Å². The molecule has 0 aliphatic rings. The Morgan fingerprint density at radius 2 is 1.65 bits per heavy atom. The van der Waals surface area contributed by atoms with E-state index in [2.05, 4.69) is 57.2 Å². The number of hydrogen-bond donors (Lipinski definition) is 1. The molecular weight excluding hydrogens is 402 g/mol. The topological polar surface area (TPSA) is 67.3 Å². The first kappa shape index (κ1) is 20.6. The molecule has 0 saturated heterocycles. The molecule has 4 aromatic heterocycles. The van der Waals surface area contributed by atoms with Gasteiger partial charge in [-0.25, -0.2) is 9.97 Å². The van der Waals surface area contributed by atoms with E-state index in [9.17, 15) is 0 Å². The standard InChI is InChI=1S/C10H9N.C8H8N2.C7H6N2S/c1-8-6-7-11-10-5-3-2-4-9(8)10;1-6-2-3-8-7(4-6)5-9-10-8;1-5-2-6-7(8-3-5)10-4-9-6/h2-7H,1H3;2-5H,1H3,(H,9,10);2-4H,1H3. The number of aromatic amines is 1. The first-order valence-corrected chi connectivity index (χ1v) is 10.8. The van der Waals surface area contributed by atoms with Crippen LogP contribution in [0.25, 0.3) is 32.2 Å². The molecule has 31 heavy (non-hydrogen) atoms. The maximum atomic E-state index is 4.24. The molecule has 0 bridgehead atoms. The van der Waals surface area contributed by atoms with Crippen molar-refractivity contribution < 1.29 is 0 Å². The fourth-order valence-corrected chi connectivity index (χ4v) is 3.77. The zero-order chi connectivity index (χ0) is 21.6. The number of hydrogen-bond acceptors (Lipinski definition) is 5. The third-order valence-electron chi connectivity index (χ3n) is 4.79. The number of pyridine rings is 2. The zero-order valence-electron chi connectivity index (χ0n) is 17.7. The molecule has 4 heterocycles. The maximum absolute atomic E-state index is 4.24. The Morgan fingerprint density at radius 3 is 2.52 bits per heavy atom. The van der Waals surface area contributed by atoms with Gasteiger partial charge < -0.3 is 0 Å². The van der Waals surface area contributed by atoms with Crippen molar-refractivity contribution in [1.29, 1.82) is 0 Å². The number of aromatic nitrogens is 5. The van der Waals surface area contributed by atoms with E-state index in [1.807, 2.05) is 67.4 Å². The first-order chi connectivity index (χ1) is 15.1. The third kappa shape index (κ3) is 5.10. The predicted octanol–water partition coefficient (Wildman–Crippen LogP) is 6.41. The highest BCUT2D eigenvalue weighted by molar-refractivity contribution is 7.16. The number of aryl methyl sites for hydroxylation is 3. The van der Waals surface area contributed by atoms with E-state index in [0.717, 1.165) is 21.4 Å². The minimum absolute atomic E-state index is 1.00. The van der Waals surface area contributed by atoms with Gasteiger partial charge in [0.2, 0.25) is 0 Å². The summed E-state index contributed by atoms with van der Waals surface area (Å²) in [5.41, 5.74) is 8.72. The Morgan fingerprint density at radius 1 is 0.774 bits per heavy atom. The lowest BCUT2D eigenvalue weighted by Crippen LogP contribution is -1.79. The van der Waals surface area contributed by atoms with Crippen molar-refractivity contribution >= 4 is 43.5 Å². The molecule has 6 heteroatoms. The van der Waals surface area contributed by atoms with Crippen molar-refractivity contribution in [3.8, 4) is 0 Å². The van der Waals surface area contributed by atoms with Crippen molar-refractivity contribution in [1.82, 2.24) is 25.1 Å². The number of nitrogens with zero attached hydrogens (tertiary/aromatic N) is 4. The Bertz CT molecular complexity index is 1360. The van der Waals surface area contributed by atoms with Gasteiger partial charge in [-0.3, -0.25) is 10.1 Å². The molecule has 0 spiro atoms. The third-order valence-corrected chi connectivity index (χ3v) is 5.54. The number of H-pyrrole nitrogens is 1. The van der Waals surface area contributed by atoms with Crippen LogP contribution in [0.1, 0.15) is 16.7 Å². The van der Waals surface area contributed by atoms with Gasteiger partial charge in [0.15, 0.2) is 0 Å². The molecule has 0 radical (unpaired) electrons. The molecule has 5 nitrogen and oxygen atoms in total. The van der Waals surface area contributed by atoms with Crippen molar-refractivity contribution in [3.63, 3.8) is 0 Å². The van der Waals surface area contributed by atoms with Gasteiger partial charge in [-0.1, -0.05) is 29.8 Å². The van der Waals surface area contributed by atoms with Crippen LogP contribution in [-0.2, 0) is 0 Å². The summed E-state index contributed by atoms with van der Waals surface area (Å²) in [5.74, 6) is 0. The molecule has 0 fully saturated rings. The average Bonchev–Trinajstić information content (AvgIpc) is 3.43. The maximum Gasteiger partial charge on any atom is 0.143 e. The number of thiazole rings is 1. The molecule has 0 amide bonds. The minimum atomic E-state index is 1.00. The first-order valence-electron chi connectivity index (χ1n) is 9.96. The summed E-state index contributed by atoms with van der Waals surface area (Å²) in [6.07, 6.45) is 5.54. The SMILES string of the molecule is Cc1ccc2[nH]ncc2c1.Cc1ccnc2ccccc12.Cc1cnc2scnc2c1. The summed E-state index contributed by atoms with van der Waals surface area (Å²) >= 11 is 1.57. The average molecular weight is 426 g/mol. The second kappa shape index (κ2) is 9.45. The molecule has 6 aromatic rings. The van der Waals surface area contributed by atoms with Crippen molar-refractivity contribution in [2.24, 2.45) is 0 Å². The largest absolute Gasteiger partial charge is 0.278 e. The van der Waals surface area contributed by atoms with Gasteiger partial charge in [0, 0.05) is 23.2 Å². The number of nitrogens with one attached hydrogen (secondary N) is 1. The smallest absolute Gasteiger partial charge is 0.143 e. The van der Waals surface area contributed by atoms with Gasteiger partial charge in [0.1, 0.15) is 10.3 Å². The van der Waals surface area contributed by atoms with Crippen molar-refractivity contribution in [2.45, 2.75) is 20.8 Å². The van der Waals surface area contributed by atoms with E-state index < -0.39 is 0 Å². The van der Waals surface area contributed by atoms with Crippen LogP contribution < -0.4 is 0 Å². The Hall–Kier alpha value is -3.64. The lowest BCUT2D eigenvalue weighted by Gasteiger charge is -1.97. The molecule has 0 atom stereocenters. The lowest BCUT2D eigenvalue weighted by molar-refractivity contribution is 1.12. The number of para-hydroxylation sites is 1. The molecule has 2 aromatic carbocycles. The minimum Gasteiger partial charge on any atom is -0.278 e. The van der Waals surface area contributed by atoms with Crippen LogP contribution in [0.3, 0.4) is 0 Å². The monoisotopic (exact) mass is 425 g/mol. The van der Waals surface area contributed by atoms with Crippen molar-refractivity contribution in [2.75, 3.05) is 0 Å². The van der Waals surface area contributed by atoms with Gasteiger partial charge >= 0.3 is 0 Å². The highest BCUT2D eigenvalue weighted by atomic mass is 32.1. The summed E-state index contributed by atoms with van der Waals surface area (Å²) in [6.45, 7) is 6.20. The highest BCUT2D eigenvalue weighted by Gasteiger charge is 1.95. The molecule has 0 saturated carbocycles. The van der Waals surface area contributed by atoms with Gasteiger partial charge in [0.05, 0.1) is 22.7 Å². The molecule has 6 rings (SSSR count). The van der Waals surface area contributed by atoms with E-state index in [0.29, 0.717) is 0 Å².